The minimum atomic E-state index is -0.222. The molecular weight excluding hydrogens is 279 g/mol. The molecule has 5 heteroatoms. The SMILES string of the molecule is CCNC(=NCc1ccc(F)cc1)N(C)Cc1cccn1C. The zero-order chi connectivity index (χ0) is 15.9. The summed E-state index contributed by atoms with van der Waals surface area (Å²) in [4.78, 5) is 6.71. The molecule has 4 nitrogen and oxygen atoms in total. The van der Waals surface area contributed by atoms with E-state index in [1.165, 1.54) is 17.8 Å². The molecule has 0 aliphatic carbocycles. The first-order valence-electron chi connectivity index (χ1n) is 7.44. The number of nitrogens with one attached hydrogen (secondary N) is 1. The molecule has 0 amide bonds. The van der Waals surface area contributed by atoms with Gasteiger partial charge in [0.05, 0.1) is 13.1 Å². The molecule has 118 valence electrons. The Kier molecular flexibility index (Phi) is 5.58. The highest BCUT2D eigenvalue weighted by Crippen LogP contribution is 2.06. The van der Waals surface area contributed by atoms with Crippen LogP contribution in [0.2, 0.25) is 0 Å². The Labute approximate surface area is 131 Å². The van der Waals surface area contributed by atoms with Gasteiger partial charge in [0.15, 0.2) is 5.96 Å². The summed E-state index contributed by atoms with van der Waals surface area (Å²) in [5.41, 5.74) is 2.21. The van der Waals surface area contributed by atoms with Crippen LogP contribution in [0.5, 0.6) is 0 Å². The molecular formula is C17H23FN4. The first kappa shape index (κ1) is 16.1. The van der Waals surface area contributed by atoms with E-state index in [1.807, 2.05) is 33.3 Å². The number of nitrogens with zero attached hydrogens (tertiary/aromatic N) is 3. The molecule has 0 saturated heterocycles. The van der Waals surface area contributed by atoms with Crippen LogP contribution in [0.4, 0.5) is 4.39 Å². The van der Waals surface area contributed by atoms with E-state index in [4.69, 9.17) is 0 Å². The number of aryl methyl sites for hydroxylation is 1. The van der Waals surface area contributed by atoms with Crippen LogP contribution >= 0.6 is 0 Å². The van der Waals surface area contributed by atoms with Crippen molar-refractivity contribution in [1.82, 2.24) is 14.8 Å². The van der Waals surface area contributed by atoms with Gasteiger partial charge < -0.3 is 14.8 Å². The fourth-order valence-corrected chi connectivity index (χ4v) is 2.20. The molecule has 0 fully saturated rings. The lowest BCUT2D eigenvalue weighted by Gasteiger charge is -2.22. The van der Waals surface area contributed by atoms with Gasteiger partial charge in [0.25, 0.3) is 0 Å². The van der Waals surface area contributed by atoms with Crippen LogP contribution in [0.3, 0.4) is 0 Å². The van der Waals surface area contributed by atoms with Gasteiger partial charge in [-0.25, -0.2) is 9.38 Å². The zero-order valence-corrected chi connectivity index (χ0v) is 13.4. The molecule has 0 bridgehead atoms. The summed E-state index contributed by atoms with van der Waals surface area (Å²) in [6.45, 7) is 4.16. The van der Waals surface area contributed by atoms with Crippen LogP contribution in [0.15, 0.2) is 47.6 Å². The van der Waals surface area contributed by atoms with Crippen molar-refractivity contribution in [3.8, 4) is 0 Å². The van der Waals surface area contributed by atoms with Crippen molar-refractivity contribution in [1.29, 1.82) is 0 Å². The number of hydrogen-bond donors (Lipinski definition) is 1. The third kappa shape index (κ3) is 4.35. The van der Waals surface area contributed by atoms with E-state index in [9.17, 15) is 4.39 Å². The molecule has 1 N–H and O–H groups in total. The number of hydrogen-bond acceptors (Lipinski definition) is 1. The molecule has 0 atom stereocenters. The molecule has 0 spiro atoms. The van der Waals surface area contributed by atoms with E-state index < -0.39 is 0 Å². The standard InChI is InChI=1S/C17H23FN4/c1-4-19-17(20-12-14-7-9-15(18)10-8-14)22(3)13-16-6-5-11-21(16)2/h5-11H,4,12-13H2,1-3H3,(H,19,20). The first-order valence-corrected chi connectivity index (χ1v) is 7.44. The van der Waals surface area contributed by atoms with Crippen molar-refractivity contribution in [3.05, 3.63) is 59.7 Å². The Bertz CT molecular complexity index is 616. The Hall–Kier alpha value is -2.30. The lowest BCUT2D eigenvalue weighted by Crippen LogP contribution is -2.38. The van der Waals surface area contributed by atoms with Gasteiger partial charge in [-0.2, -0.15) is 0 Å². The zero-order valence-electron chi connectivity index (χ0n) is 13.4. The van der Waals surface area contributed by atoms with Crippen molar-refractivity contribution >= 4 is 5.96 Å². The third-order valence-corrected chi connectivity index (χ3v) is 3.47. The van der Waals surface area contributed by atoms with Crippen molar-refractivity contribution in [2.45, 2.75) is 20.0 Å². The van der Waals surface area contributed by atoms with Gasteiger partial charge in [-0.15, -0.1) is 0 Å². The van der Waals surface area contributed by atoms with Crippen LogP contribution in [0.25, 0.3) is 0 Å². The smallest absolute Gasteiger partial charge is 0.194 e. The lowest BCUT2D eigenvalue weighted by atomic mass is 10.2. The lowest BCUT2D eigenvalue weighted by molar-refractivity contribution is 0.462. The highest BCUT2D eigenvalue weighted by atomic mass is 19.1. The molecule has 2 aromatic rings. The van der Waals surface area contributed by atoms with Gasteiger partial charge in [-0.1, -0.05) is 12.1 Å². The van der Waals surface area contributed by atoms with E-state index in [0.29, 0.717) is 6.54 Å². The second-order valence-corrected chi connectivity index (χ2v) is 5.26. The van der Waals surface area contributed by atoms with Gasteiger partial charge in [-0.05, 0) is 36.8 Å². The fraction of sp³-hybridized carbons (Fsp3) is 0.353. The Balaban J connectivity index is 2.05. The normalized spacial score (nSPS) is 11.5. The molecule has 22 heavy (non-hydrogen) atoms. The maximum atomic E-state index is 12.9. The summed E-state index contributed by atoms with van der Waals surface area (Å²) in [7, 11) is 4.05. The Morgan fingerprint density at radius 2 is 2.00 bits per heavy atom. The van der Waals surface area contributed by atoms with Gasteiger partial charge in [0.1, 0.15) is 5.82 Å². The van der Waals surface area contributed by atoms with Crippen molar-refractivity contribution in [3.63, 3.8) is 0 Å². The number of rotatable bonds is 5. The van der Waals surface area contributed by atoms with Crippen molar-refractivity contribution in [2.75, 3.05) is 13.6 Å². The van der Waals surface area contributed by atoms with Crippen LogP contribution in [-0.4, -0.2) is 29.0 Å². The van der Waals surface area contributed by atoms with E-state index in [1.54, 1.807) is 12.1 Å². The van der Waals surface area contributed by atoms with Gasteiger partial charge in [0.2, 0.25) is 0 Å². The maximum absolute atomic E-state index is 12.9. The number of aromatic nitrogens is 1. The molecule has 0 aliphatic rings. The molecule has 0 aliphatic heterocycles. The first-order chi connectivity index (χ1) is 10.6. The molecule has 0 saturated carbocycles. The summed E-state index contributed by atoms with van der Waals surface area (Å²) in [5, 5.41) is 3.29. The number of aliphatic imine (C=N–C) groups is 1. The van der Waals surface area contributed by atoms with Gasteiger partial charge in [0, 0.05) is 32.5 Å². The van der Waals surface area contributed by atoms with Crippen molar-refractivity contribution in [2.24, 2.45) is 12.0 Å². The summed E-state index contributed by atoms with van der Waals surface area (Å²) >= 11 is 0. The number of guanidine groups is 1. The summed E-state index contributed by atoms with van der Waals surface area (Å²) in [6, 6.07) is 10.6. The third-order valence-electron chi connectivity index (χ3n) is 3.47. The number of halogens is 1. The van der Waals surface area contributed by atoms with E-state index in [2.05, 4.69) is 25.8 Å². The summed E-state index contributed by atoms with van der Waals surface area (Å²) < 4.78 is 15.0. The molecule has 1 aromatic heterocycles. The summed E-state index contributed by atoms with van der Waals surface area (Å²) in [5.74, 6) is 0.619. The second kappa shape index (κ2) is 7.64. The maximum Gasteiger partial charge on any atom is 0.194 e. The summed E-state index contributed by atoms with van der Waals surface area (Å²) in [6.07, 6.45) is 2.03. The van der Waals surface area contributed by atoms with Crippen molar-refractivity contribution < 1.29 is 4.39 Å². The van der Waals surface area contributed by atoms with E-state index in [0.717, 1.165) is 24.6 Å². The molecule has 1 aromatic carbocycles. The molecule has 0 radical (unpaired) electrons. The largest absolute Gasteiger partial charge is 0.357 e. The Morgan fingerprint density at radius 1 is 1.27 bits per heavy atom. The minimum Gasteiger partial charge on any atom is -0.357 e. The predicted octanol–water partition coefficient (Wildman–Crippen LogP) is 2.76. The number of benzene rings is 1. The van der Waals surface area contributed by atoms with Crippen LogP contribution in [0, 0.1) is 5.82 Å². The van der Waals surface area contributed by atoms with Crippen LogP contribution in [-0.2, 0) is 20.1 Å². The molecule has 2 rings (SSSR count). The molecule has 0 unspecified atom stereocenters. The topological polar surface area (TPSA) is 32.6 Å². The fourth-order valence-electron chi connectivity index (χ4n) is 2.20. The van der Waals surface area contributed by atoms with Gasteiger partial charge >= 0.3 is 0 Å². The van der Waals surface area contributed by atoms with E-state index in [-0.39, 0.29) is 5.82 Å². The molecule has 1 heterocycles. The highest BCUT2D eigenvalue weighted by Gasteiger charge is 2.08. The average Bonchev–Trinajstić information content (AvgIpc) is 2.90. The second-order valence-electron chi connectivity index (χ2n) is 5.26. The van der Waals surface area contributed by atoms with Gasteiger partial charge in [-0.3, -0.25) is 0 Å². The van der Waals surface area contributed by atoms with E-state index >= 15 is 0 Å². The highest BCUT2D eigenvalue weighted by molar-refractivity contribution is 5.79. The predicted molar refractivity (Wildman–Crippen MR) is 88.1 cm³/mol. The quantitative estimate of drug-likeness (QED) is 0.680. The van der Waals surface area contributed by atoms with Crippen LogP contribution < -0.4 is 5.32 Å². The van der Waals surface area contributed by atoms with Crippen LogP contribution in [0.1, 0.15) is 18.2 Å². The monoisotopic (exact) mass is 302 g/mol. The average molecular weight is 302 g/mol. The Morgan fingerprint density at radius 3 is 2.59 bits per heavy atom. The minimum absolute atomic E-state index is 0.222.